The van der Waals surface area contributed by atoms with E-state index in [1.807, 2.05) is 25.1 Å². The van der Waals surface area contributed by atoms with Crippen LogP contribution in [-0.2, 0) is 9.59 Å². The molecule has 0 aromatic heterocycles. The van der Waals surface area contributed by atoms with Crippen LogP contribution in [0.25, 0.3) is 6.08 Å². The van der Waals surface area contributed by atoms with Crippen molar-refractivity contribution in [2.75, 3.05) is 11.9 Å². The van der Waals surface area contributed by atoms with Gasteiger partial charge in [-0.15, -0.1) is 0 Å². The van der Waals surface area contributed by atoms with Crippen LogP contribution in [0.5, 0.6) is 0 Å². The molecule has 1 aliphatic rings. The van der Waals surface area contributed by atoms with E-state index < -0.39 is 17.8 Å². The maximum absolute atomic E-state index is 12.4. The van der Waals surface area contributed by atoms with Gasteiger partial charge in [-0.2, -0.15) is 5.26 Å². The van der Waals surface area contributed by atoms with E-state index in [0.717, 1.165) is 10.5 Å². The Balaban J connectivity index is 1.68. The molecule has 2 N–H and O–H groups in total. The van der Waals surface area contributed by atoms with Gasteiger partial charge >= 0.3 is 6.03 Å². The Morgan fingerprint density at radius 1 is 1.15 bits per heavy atom. The minimum atomic E-state index is -0.654. The zero-order valence-corrected chi connectivity index (χ0v) is 14.5. The van der Waals surface area contributed by atoms with Crippen molar-refractivity contribution in [2.45, 2.75) is 6.92 Å². The Morgan fingerprint density at radius 3 is 2.44 bits per heavy atom. The van der Waals surface area contributed by atoms with Crippen LogP contribution in [-0.4, -0.2) is 29.3 Å². The molecule has 1 heterocycles. The van der Waals surface area contributed by atoms with Crippen molar-refractivity contribution in [3.05, 3.63) is 70.9 Å². The number of aryl methyl sites for hydroxylation is 1. The van der Waals surface area contributed by atoms with E-state index in [2.05, 4.69) is 10.6 Å². The van der Waals surface area contributed by atoms with Crippen molar-refractivity contribution >= 4 is 29.6 Å². The number of nitrogens with zero attached hydrogens (tertiary/aromatic N) is 2. The summed E-state index contributed by atoms with van der Waals surface area (Å²) in [7, 11) is 0. The third kappa shape index (κ3) is 4.19. The van der Waals surface area contributed by atoms with Gasteiger partial charge in [-0.3, -0.25) is 9.59 Å². The van der Waals surface area contributed by atoms with Crippen LogP contribution in [0, 0.1) is 18.3 Å². The molecule has 27 heavy (non-hydrogen) atoms. The molecule has 0 bridgehead atoms. The average molecular weight is 360 g/mol. The number of nitrogens with one attached hydrogen (secondary N) is 2. The van der Waals surface area contributed by atoms with E-state index in [9.17, 15) is 14.4 Å². The SMILES string of the molecule is Cc1ccc(NC(=O)CN2C(=O)N/C(=C/c3ccc(C#N)cc3)C2=O)cc1. The highest BCUT2D eigenvalue weighted by molar-refractivity contribution is 6.15. The summed E-state index contributed by atoms with van der Waals surface area (Å²) < 4.78 is 0. The number of hydrogen-bond donors (Lipinski definition) is 2. The van der Waals surface area contributed by atoms with Crippen LogP contribution < -0.4 is 10.6 Å². The predicted octanol–water partition coefficient (Wildman–Crippen LogP) is 2.40. The molecule has 1 aliphatic heterocycles. The maximum atomic E-state index is 12.4. The van der Waals surface area contributed by atoms with Crippen molar-refractivity contribution in [1.29, 1.82) is 5.26 Å². The van der Waals surface area contributed by atoms with Crippen molar-refractivity contribution in [2.24, 2.45) is 0 Å². The van der Waals surface area contributed by atoms with Gasteiger partial charge in [0.2, 0.25) is 5.91 Å². The summed E-state index contributed by atoms with van der Waals surface area (Å²) in [6.45, 7) is 1.55. The first-order valence-corrected chi connectivity index (χ1v) is 8.17. The lowest BCUT2D eigenvalue weighted by Gasteiger charge is -2.12. The molecule has 134 valence electrons. The molecule has 0 radical (unpaired) electrons. The van der Waals surface area contributed by atoms with Gasteiger partial charge in [-0.25, -0.2) is 9.69 Å². The first kappa shape index (κ1) is 17.9. The molecule has 4 amide bonds. The smallest absolute Gasteiger partial charge is 0.325 e. The molecule has 3 rings (SSSR count). The van der Waals surface area contributed by atoms with Gasteiger partial charge in [0, 0.05) is 5.69 Å². The quantitative estimate of drug-likeness (QED) is 0.645. The van der Waals surface area contributed by atoms with E-state index >= 15 is 0 Å². The minimum Gasteiger partial charge on any atom is -0.325 e. The van der Waals surface area contributed by atoms with Gasteiger partial charge in [0.25, 0.3) is 5.91 Å². The summed E-state index contributed by atoms with van der Waals surface area (Å²) in [4.78, 5) is 37.5. The van der Waals surface area contributed by atoms with Gasteiger partial charge in [0.15, 0.2) is 0 Å². The lowest BCUT2D eigenvalue weighted by molar-refractivity contribution is -0.127. The second-order valence-electron chi connectivity index (χ2n) is 6.03. The standard InChI is InChI=1S/C20H16N4O3/c1-13-2-8-16(9-3-13)22-18(25)12-24-19(26)17(23-20(24)27)10-14-4-6-15(11-21)7-5-14/h2-10H,12H2,1H3,(H,22,25)(H,23,27)/b17-10+. The summed E-state index contributed by atoms with van der Waals surface area (Å²) in [6.07, 6.45) is 1.50. The van der Waals surface area contributed by atoms with Crippen LogP contribution in [0.3, 0.4) is 0 Å². The molecule has 2 aromatic rings. The molecular weight excluding hydrogens is 344 g/mol. The Bertz CT molecular complexity index is 970. The summed E-state index contributed by atoms with van der Waals surface area (Å²) in [5, 5.41) is 13.9. The summed E-state index contributed by atoms with van der Waals surface area (Å²) in [6, 6.07) is 15.1. The largest absolute Gasteiger partial charge is 0.329 e. The Hall–Kier alpha value is -3.92. The minimum absolute atomic E-state index is 0.0767. The molecular formula is C20H16N4O3. The Morgan fingerprint density at radius 2 is 1.81 bits per heavy atom. The third-order valence-electron chi connectivity index (χ3n) is 3.95. The molecule has 2 aromatic carbocycles. The molecule has 0 atom stereocenters. The summed E-state index contributed by atoms with van der Waals surface area (Å²) in [5.41, 5.74) is 2.87. The zero-order valence-electron chi connectivity index (χ0n) is 14.5. The topological polar surface area (TPSA) is 102 Å². The second-order valence-corrected chi connectivity index (χ2v) is 6.03. The van der Waals surface area contributed by atoms with Crippen molar-refractivity contribution in [3.8, 4) is 6.07 Å². The fourth-order valence-corrected chi connectivity index (χ4v) is 2.52. The fourth-order valence-electron chi connectivity index (χ4n) is 2.52. The number of carbonyl (C=O) groups excluding carboxylic acids is 3. The van der Waals surface area contributed by atoms with Crippen LogP contribution in [0.2, 0.25) is 0 Å². The molecule has 0 unspecified atom stereocenters. The number of imide groups is 1. The van der Waals surface area contributed by atoms with Gasteiger partial charge in [-0.05, 0) is 42.8 Å². The number of urea groups is 1. The number of benzene rings is 2. The highest BCUT2D eigenvalue weighted by Crippen LogP contribution is 2.15. The number of amides is 4. The predicted molar refractivity (Wildman–Crippen MR) is 99.2 cm³/mol. The fraction of sp³-hybridized carbons (Fsp3) is 0.100. The lowest BCUT2D eigenvalue weighted by Crippen LogP contribution is -2.38. The van der Waals surface area contributed by atoms with Crippen LogP contribution in [0.15, 0.2) is 54.2 Å². The molecule has 0 saturated carbocycles. The molecule has 7 nitrogen and oxygen atoms in total. The number of nitriles is 1. The maximum Gasteiger partial charge on any atom is 0.329 e. The van der Waals surface area contributed by atoms with E-state index in [0.29, 0.717) is 16.8 Å². The molecule has 1 fully saturated rings. The molecule has 0 aliphatic carbocycles. The average Bonchev–Trinajstić information content (AvgIpc) is 2.91. The van der Waals surface area contributed by atoms with Crippen molar-refractivity contribution in [1.82, 2.24) is 10.2 Å². The summed E-state index contributed by atoms with van der Waals surface area (Å²) in [5.74, 6) is -1.05. The second kappa shape index (κ2) is 7.54. The normalized spacial score (nSPS) is 14.8. The highest BCUT2D eigenvalue weighted by Gasteiger charge is 2.34. The van der Waals surface area contributed by atoms with E-state index in [4.69, 9.17) is 5.26 Å². The van der Waals surface area contributed by atoms with Gasteiger partial charge in [0.1, 0.15) is 12.2 Å². The number of rotatable bonds is 4. The highest BCUT2D eigenvalue weighted by atomic mass is 16.2. The van der Waals surface area contributed by atoms with Crippen LogP contribution in [0.1, 0.15) is 16.7 Å². The van der Waals surface area contributed by atoms with Crippen LogP contribution >= 0.6 is 0 Å². The third-order valence-corrected chi connectivity index (χ3v) is 3.95. The first-order valence-electron chi connectivity index (χ1n) is 8.17. The molecule has 7 heteroatoms. The van der Waals surface area contributed by atoms with Crippen LogP contribution in [0.4, 0.5) is 10.5 Å². The lowest BCUT2D eigenvalue weighted by atomic mass is 10.1. The number of anilines is 1. The number of hydrogen-bond acceptors (Lipinski definition) is 4. The molecule has 0 spiro atoms. The van der Waals surface area contributed by atoms with Crippen molar-refractivity contribution in [3.63, 3.8) is 0 Å². The van der Waals surface area contributed by atoms with E-state index in [1.54, 1.807) is 36.4 Å². The van der Waals surface area contributed by atoms with E-state index in [-0.39, 0.29) is 12.2 Å². The summed E-state index contributed by atoms with van der Waals surface area (Å²) >= 11 is 0. The van der Waals surface area contributed by atoms with Gasteiger partial charge < -0.3 is 10.6 Å². The Kier molecular flexibility index (Phi) is 4.99. The molecule has 1 saturated heterocycles. The monoisotopic (exact) mass is 360 g/mol. The zero-order chi connectivity index (χ0) is 19.4. The first-order chi connectivity index (χ1) is 13.0. The number of carbonyl (C=O) groups is 3. The van der Waals surface area contributed by atoms with Gasteiger partial charge in [0.05, 0.1) is 11.6 Å². The van der Waals surface area contributed by atoms with Crippen molar-refractivity contribution < 1.29 is 14.4 Å². The Labute approximate surface area is 155 Å². The van der Waals surface area contributed by atoms with E-state index in [1.165, 1.54) is 6.08 Å². The van der Waals surface area contributed by atoms with Gasteiger partial charge in [-0.1, -0.05) is 29.8 Å².